The van der Waals surface area contributed by atoms with E-state index in [0.29, 0.717) is 13.2 Å². The number of urea groups is 1. The van der Waals surface area contributed by atoms with E-state index in [1.54, 1.807) is 23.9 Å². The fraction of sp³-hybridized carbons (Fsp3) is 0.632. The number of hydrogen-bond acceptors (Lipinski definition) is 4. The first-order valence-corrected chi connectivity index (χ1v) is 10.3. The molecule has 2 amide bonds. The summed E-state index contributed by atoms with van der Waals surface area (Å²) in [6, 6.07) is 6.52. The van der Waals surface area contributed by atoms with E-state index in [4.69, 9.17) is 9.47 Å². The smallest absolute Gasteiger partial charge is 0.315 e. The lowest BCUT2D eigenvalue weighted by Gasteiger charge is -2.24. The Morgan fingerprint density at radius 1 is 1.00 bits per heavy atom. The molecule has 2 heterocycles. The monoisotopic (exact) mass is 380 g/mol. The summed E-state index contributed by atoms with van der Waals surface area (Å²) >= 11 is 1.64. The van der Waals surface area contributed by atoms with Gasteiger partial charge in [0, 0.05) is 10.9 Å². The number of carbonyl (C=O) groups excluding carboxylic acids is 1. The Balaban J connectivity index is 1.28. The van der Waals surface area contributed by atoms with Gasteiger partial charge in [-0.1, -0.05) is 19.3 Å². The maximum atomic E-state index is 13.1. The fourth-order valence-electron chi connectivity index (χ4n) is 4.02. The molecule has 2 saturated heterocycles. The van der Waals surface area contributed by atoms with Gasteiger partial charge in [0.25, 0.3) is 0 Å². The van der Waals surface area contributed by atoms with Crippen LogP contribution >= 0.6 is 11.8 Å². The number of ether oxygens (including phenoxy) is 2. The van der Waals surface area contributed by atoms with Crippen LogP contribution in [0.1, 0.15) is 32.1 Å². The molecule has 7 heteroatoms. The molecule has 1 saturated carbocycles. The number of halogens is 1. The molecule has 2 aliphatic heterocycles. The van der Waals surface area contributed by atoms with Gasteiger partial charge in [0.1, 0.15) is 18.0 Å². The molecule has 5 nitrogen and oxygen atoms in total. The molecule has 0 spiro atoms. The molecule has 4 rings (SSSR count). The molecule has 1 aliphatic carbocycles. The van der Waals surface area contributed by atoms with Crippen LogP contribution < -0.4 is 10.6 Å². The average molecular weight is 380 g/mol. The largest absolute Gasteiger partial charge is 0.372 e. The van der Waals surface area contributed by atoms with Gasteiger partial charge in [-0.15, -0.1) is 11.8 Å². The molecule has 0 unspecified atom stereocenters. The second-order valence-electron chi connectivity index (χ2n) is 7.27. The van der Waals surface area contributed by atoms with Gasteiger partial charge in [-0.25, -0.2) is 9.18 Å². The Bertz CT molecular complexity index is 624. The fourth-order valence-corrected chi connectivity index (χ4v) is 5.18. The Morgan fingerprint density at radius 3 is 2.50 bits per heavy atom. The summed E-state index contributed by atoms with van der Waals surface area (Å²) in [4.78, 5) is 13.3. The number of hydrogen-bond donors (Lipinski definition) is 2. The third-order valence-corrected chi connectivity index (χ3v) is 6.62. The number of rotatable bonds is 4. The molecule has 0 bridgehead atoms. The normalized spacial score (nSPS) is 31.6. The third kappa shape index (κ3) is 4.15. The van der Waals surface area contributed by atoms with Crippen molar-refractivity contribution >= 4 is 17.8 Å². The molecule has 3 fully saturated rings. The van der Waals surface area contributed by atoms with Crippen LogP contribution in [0.4, 0.5) is 9.18 Å². The lowest BCUT2D eigenvalue weighted by molar-refractivity contribution is 0.0693. The average Bonchev–Trinajstić information content (AvgIpc) is 3.22. The van der Waals surface area contributed by atoms with Crippen molar-refractivity contribution in [1.82, 2.24) is 10.6 Å². The molecule has 1 aromatic rings. The molecular weight excluding hydrogens is 355 g/mol. The van der Waals surface area contributed by atoms with E-state index < -0.39 is 0 Å². The van der Waals surface area contributed by atoms with Crippen LogP contribution in [0.3, 0.4) is 0 Å². The quantitative estimate of drug-likeness (QED) is 0.843. The van der Waals surface area contributed by atoms with Gasteiger partial charge in [0.05, 0.1) is 24.5 Å². The van der Waals surface area contributed by atoms with Crippen LogP contribution in [-0.2, 0) is 9.47 Å². The van der Waals surface area contributed by atoms with E-state index in [-0.39, 0.29) is 41.4 Å². The minimum Gasteiger partial charge on any atom is -0.372 e. The molecular formula is C19H25FN2O3S. The van der Waals surface area contributed by atoms with E-state index in [1.807, 2.05) is 0 Å². The van der Waals surface area contributed by atoms with Gasteiger partial charge in [-0.05, 0) is 37.1 Å². The van der Waals surface area contributed by atoms with Gasteiger partial charge in [-0.3, -0.25) is 0 Å². The first-order valence-electron chi connectivity index (χ1n) is 9.41. The topological polar surface area (TPSA) is 59.6 Å². The highest BCUT2D eigenvalue weighted by molar-refractivity contribution is 8.00. The van der Waals surface area contributed by atoms with Gasteiger partial charge in [0.2, 0.25) is 0 Å². The summed E-state index contributed by atoms with van der Waals surface area (Å²) in [6.07, 6.45) is 5.60. The van der Waals surface area contributed by atoms with E-state index in [1.165, 1.54) is 31.4 Å². The maximum Gasteiger partial charge on any atom is 0.315 e. The highest BCUT2D eigenvalue weighted by atomic mass is 32.2. The summed E-state index contributed by atoms with van der Waals surface area (Å²) in [5.41, 5.74) is 0. The van der Waals surface area contributed by atoms with Gasteiger partial charge in [0.15, 0.2) is 0 Å². The number of thioether (sulfide) groups is 1. The van der Waals surface area contributed by atoms with Crippen molar-refractivity contribution in [2.45, 2.75) is 66.5 Å². The second-order valence-corrected chi connectivity index (χ2v) is 8.58. The van der Waals surface area contributed by atoms with Crippen molar-refractivity contribution in [3.63, 3.8) is 0 Å². The van der Waals surface area contributed by atoms with E-state index >= 15 is 0 Å². The number of carbonyl (C=O) groups is 1. The summed E-state index contributed by atoms with van der Waals surface area (Å²) in [5, 5.41) is 6.26. The number of nitrogens with one attached hydrogen (secondary N) is 2. The highest BCUT2D eigenvalue weighted by Crippen LogP contribution is 2.37. The van der Waals surface area contributed by atoms with E-state index in [9.17, 15) is 9.18 Å². The first-order chi connectivity index (χ1) is 12.7. The molecule has 2 N–H and O–H groups in total. The minimum absolute atomic E-state index is 0.0509. The molecule has 3 aliphatic rings. The number of fused-ring (bicyclic) bond motifs is 1. The van der Waals surface area contributed by atoms with Gasteiger partial charge >= 0.3 is 6.03 Å². The molecule has 26 heavy (non-hydrogen) atoms. The molecule has 0 aromatic heterocycles. The zero-order valence-electron chi connectivity index (χ0n) is 14.7. The van der Waals surface area contributed by atoms with Crippen LogP contribution in [0, 0.1) is 5.82 Å². The molecule has 0 radical (unpaired) electrons. The first kappa shape index (κ1) is 18.1. The van der Waals surface area contributed by atoms with Crippen molar-refractivity contribution in [3.8, 4) is 0 Å². The molecule has 1 aromatic carbocycles. The standard InChI is InChI=1S/C19H25FN2O3S/c20-12-6-8-14(9-7-12)26-16-11-25-17-15(10-24-18(16)17)22-19(23)21-13-4-2-1-3-5-13/h6-9,13,15-18H,1-5,10-11H2,(H2,21,22,23)/t15-,16-,17+,18+/m0/s1. The van der Waals surface area contributed by atoms with Crippen molar-refractivity contribution in [2.75, 3.05) is 13.2 Å². The minimum atomic E-state index is -0.236. The third-order valence-electron chi connectivity index (χ3n) is 5.37. The van der Waals surface area contributed by atoms with Crippen molar-refractivity contribution < 1.29 is 18.7 Å². The maximum absolute atomic E-state index is 13.1. The Kier molecular flexibility index (Phi) is 5.66. The van der Waals surface area contributed by atoms with Crippen molar-refractivity contribution in [2.24, 2.45) is 0 Å². The Morgan fingerprint density at radius 2 is 1.73 bits per heavy atom. The number of amides is 2. The Hall–Kier alpha value is -1.31. The summed E-state index contributed by atoms with van der Waals surface area (Å²) in [6.45, 7) is 1.04. The second kappa shape index (κ2) is 8.15. The molecule has 4 atom stereocenters. The molecule has 142 valence electrons. The van der Waals surface area contributed by atoms with Crippen molar-refractivity contribution in [1.29, 1.82) is 0 Å². The van der Waals surface area contributed by atoms with Crippen LogP contribution in [0.5, 0.6) is 0 Å². The van der Waals surface area contributed by atoms with Crippen molar-refractivity contribution in [3.05, 3.63) is 30.1 Å². The lowest BCUT2D eigenvalue weighted by Crippen LogP contribution is -2.51. The van der Waals surface area contributed by atoms with Gasteiger partial charge < -0.3 is 20.1 Å². The summed E-state index contributed by atoms with van der Waals surface area (Å²) in [7, 11) is 0. The summed E-state index contributed by atoms with van der Waals surface area (Å²) in [5.74, 6) is -0.236. The SMILES string of the molecule is O=C(NC1CCCCC1)N[C@H]1CO[C@H]2[C@@H]1OC[C@@H]2Sc1ccc(F)cc1. The highest BCUT2D eigenvalue weighted by Gasteiger charge is 2.48. The lowest BCUT2D eigenvalue weighted by atomic mass is 9.96. The predicted molar refractivity (Wildman–Crippen MR) is 97.9 cm³/mol. The summed E-state index contributed by atoms with van der Waals surface area (Å²) < 4.78 is 24.9. The number of benzene rings is 1. The predicted octanol–water partition coefficient (Wildman–Crippen LogP) is 3.08. The zero-order chi connectivity index (χ0) is 17.9. The van der Waals surface area contributed by atoms with Crippen LogP contribution in [-0.4, -0.2) is 48.8 Å². The van der Waals surface area contributed by atoms with Crippen LogP contribution in [0.25, 0.3) is 0 Å². The zero-order valence-corrected chi connectivity index (χ0v) is 15.5. The van der Waals surface area contributed by atoms with Crippen LogP contribution in [0.15, 0.2) is 29.2 Å². The van der Waals surface area contributed by atoms with Crippen LogP contribution in [0.2, 0.25) is 0 Å². The van der Waals surface area contributed by atoms with Gasteiger partial charge in [-0.2, -0.15) is 0 Å². The van der Waals surface area contributed by atoms with E-state index in [2.05, 4.69) is 10.6 Å². The Labute approximate surface area is 157 Å². The van der Waals surface area contributed by atoms with E-state index in [0.717, 1.165) is 17.7 Å².